The van der Waals surface area contributed by atoms with Crippen molar-refractivity contribution in [1.29, 1.82) is 0 Å². The quantitative estimate of drug-likeness (QED) is 0.762. The summed E-state index contributed by atoms with van der Waals surface area (Å²) in [4.78, 5) is 0. The summed E-state index contributed by atoms with van der Waals surface area (Å²) >= 11 is 0. The highest BCUT2D eigenvalue weighted by Gasteiger charge is 2.47. The summed E-state index contributed by atoms with van der Waals surface area (Å²) in [5.41, 5.74) is 1.82. The van der Waals surface area contributed by atoms with Gasteiger partial charge in [0.2, 0.25) is 0 Å². The highest BCUT2D eigenvalue weighted by Crippen LogP contribution is 2.54. The van der Waals surface area contributed by atoms with Gasteiger partial charge in [-0.1, -0.05) is 30.3 Å². The fourth-order valence-electron chi connectivity index (χ4n) is 3.52. The van der Waals surface area contributed by atoms with Crippen LogP contribution in [0.3, 0.4) is 0 Å². The lowest BCUT2D eigenvalue weighted by atomic mass is 9.57. The lowest BCUT2D eigenvalue weighted by Crippen LogP contribution is -2.46. The number of rotatable bonds is 1. The van der Waals surface area contributed by atoms with Gasteiger partial charge in [-0.3, -0.25) is 0 Å². The number of hydrogen-bond acceptors (Lipinski definition) is 1. The van der Waals surface area contributed by atoms with E-state index in [9.17, 15) is 5.11 Å². The molecule has 0 amide bonds. The number of aliphatic hydroxyl groups excluding tert-OH is 1. The molecule has 1 unspecified atom stereocenters. The second kappa shape index (κ2) is 3.89. The Kier molecular flexibility index (Phi) is 2.51. The van der Waals surface area contributed by atoms with Crippen LogP contribution in [-0.2, 0) is 0 Å². The lowest BCUT2D eigenvalue weighted by molar-refractivity contribution is -0.0896. The average molecular weight is 216 g/mol. The fraction of sp³-hybridized carbons (Fsp3) is 0.600. The van der Waals surface area contributed by atoms with Gasteiger partial charge < -0.3 is 5.11 Å². The van der Waals surface area contributed by atoms with E-state index < -0.39 is 0 Å². The first kappa shape index (κ1) is 10.3. The molecular weight excluding hydrogens is 196 g/mol. The maximum absolute atomic E-state index is 9.88. The van der Waals surface area contributed by atoms with Crippen molar-refractivity contribution < 1.29 is 5.11 Å². The van der Waals surface area contributed by atoms with Gasteiger partial charge in [0.25, 0.3) is 0 Å². The van der Waals surface area contributed by atoms with E-state index >= 15 is 0 Å². The van der Waals surface area contributed by atoms with Crippen LogP contribution in [0.2, 0.25) is 0 Å². The Morgan fingerprint density at radius 1 is 0.938 bits per heavy atom. The number of benzene rings is 1. The second-order valence-corrected chi connectivity index (χ2v) is 5.60. The van der Waals surface area contributed by atoms with Crippen LogP contribution in [0, 0.1) is 5.41 Å². The van der Waals surface area contributed by atoms with Crippen molar-refractivity contribution in [2.24, 2.45) is 5.41 Å². The SMILES string of the molecule is OC1CCC12CCC(c1ccccc1)CC2. The minimum atomic E-state index is 0.00391. The molecule has 1 spiro atoms. The van der Waals surface area contributed by atoms with Crippen molar-refractivity contribution in [3.63, 3.8) is 0 Å². The van der Waals surface area contributed by atoms with Crippen LogP contribution in [0.5, 0.6) is 0 Å². The van der Waals surface area contributed by atoms with Crippen LogP contribution >= 0.6 is 0 Å². The predicted octanol–water partition coefficient (Wildman–Crippen LogP) is 3.49. The van der Waals surface area contributed by atoms with Crippen LogP contribution in [0.25, 0.3) is 0 Å². The molecule has 86 valence electrons. The monoisotopic (exact) mass is 216 g/mol. The number of aliphatic hydroxyl groups is 1. The average Bonchev–Trinajstić information content (AvgIpc) is 2.38. The third-order valence-electron chi connectivity index (χ3n) is 4.87. The molecule has 0 heterocycles. The molecule has 0 aromatic heterocycles. The molecule has 2 aliphatic rings. The first-order valence-corrected chi connectivity index (χ1v) is 6.53. The van der Waals surface area contributed by atoms with Gasteiger partial charge >= 0.3 is 0 Å². The van der Waals surface area contributed by atoms with Crippen molar-refractivity contribution in [3.05, 3.63) is 35.9 Å². The topological polar surface area (TPSA) is 20.2 Å². The van der Waals surface area contributed by atoms with Crippen molar-refractivity contribution in [2.75, 3.05) is 0 Å². The molecule has 2 fully saturated rings. The third kappa shape index (κ3) is 1.58. The maximum atomic E-state index is 9.88. The molecule has 16 heavy (non-hydrogen) atoms. The molecule has 1 N–H and O–H groups in total. The standard InChI is InChI=1S/C15H20O/c16-14-8-11-15(14)9-6-13(7-10-15)12-4-2-1-3-5-12/h1-5,13-14,16H,6-11H2. The van der Waals surface area contributed by atoms with Gasteiger partial charge in [0, 0.05) is 0 Å². The predicted molar refractivity (Wildman–Crippen MR) is 65.3 cm³/mol. The van der Waals surface area contributed by atoms with Gasteiger partial charge in [0.15, 0.2) is 0 Å². The van der Waals surface area contributed by atoms with Gasteiger partial charge in [-0.05, 0) is 55.4 Å². The van der Waals surface area contributed by atoms with Crippen LogP contribution in [0.4, 0.5) is 0 Å². The van der Waals surface area contributed by atoms with Crippen LogP contribution in [-0.4, -0.2) is 11.2 Å². The molecular formula is C15H20O. The molecule has 1 aromatic rings. The zero-order chi connectivity index (χ0) is 11.0. The molecule has 3 rings (SSSR count). The molecule has 1 nitrogen and oxygen atoms in total. The van der Waals surface area contributed by atoms with Gasteiger partial charge in [-0.15, -0.1) is 0 Å². The highest BCUT2D eigenvalue weighted by molar-refractivity contribution is 5.20. The summed E-state index contributed by atoms with van der Waals surface area (Å²) in [6, 6.07) is 10.9. The Balaban J connectivity index is 1.67. The van der Waals surface area contributed by atoms with Gasteiger partial charge in [-0.2, -0.15) is 0 Å². The van der Waals surface area contributed by atoms with Gasteiger partial charge in [0.1, 0.15) is 0 Å². The summed E-state index contributed by atoms with van der Waals surface area (Å²) in [7, 11) is 0. The Labute approximate surface area is 97.5 Å². The molecule has 2 aliphatic carbocycles. The van der Waals surface area contributed by atoms with Crippen molar-refractivity contribution in [2.45, 2.75) is 50.5 Å². The summed E-state index contributed by atoms with van der Waals surface area (Å²) in [6.07, 6.45) is 7.29. The Morgan fingerprint density at radius 2 is 1.56 bits per heavy atom. The highest BCUT2D eigenvalue weighted by atomic mass is 16.3. The molecule has 0 radical (unpaired) electrons. The van der Waals surface area contributed by atoms with Crippen molar-refractivity contribution in [3.8, 4) is 0 Å². The summed E-state index contributed by atoms with van der Waals surface area (Å²) in [5, 5.41) is 9.88. The Hall–Kier alpha value is -0.820. The zero-order valence-electron chi connectivity index (χ0n) is 9.73. The van der Waals surface area contributed by atoms with E-state index in [1.54, 1.807) is 0 Å². The lowest BCUT2D eigenvalue weighted by Gasteiger charge is -2.51. The van der Waals surface area contributed by atoms with E-state index in [1.807, 2.05) is 0 Å². The summed E-state index contributed by atoms with van der Waals surface area (Å²) in [5.74, 6) is 0.736. The van der Waals surface area contributed by atoms with E-state index in [1.165, 1.54) is 37.7 Å². The third-order valence-corrected chi connectivity index (χ3v) is 4.87. The maximum Gasteiger partial charge on any atom is 0.0596 e. The Bertz CT molecular complexity index is 349. The molecule has 1 heteroatoms. The van der Waals surface area contributed by atoms with Crippen molar-refractivity contribution >= 4 is 0 Å². The van der Waals surface area contributed by atoms with E-state index in [4.69, 9.17) is 0 Å². The van der Waals surface area contributed by atoms with E-state index in [2.05, 4.69) is 30.3 Å². The minimum absolute atomic E-state index is 0.00391. The van der Waals surface area contributed by atoms with E-state index in [0.717, 1.165) is 12.3 Å². The minimum Gasteiger partial charge on any atom is -0.393 e. The summed E-state index contributed by atoms with van der Waals surface area (Å²) in [6.45, 7) is 0. The van der Waals surface area contributed by atoms with Crippen molar-refractivity contribution in [1.82, 2.24) is 0 Å². The molecule has 1 aromatic carbocycles. The van der Waals surface area contributed by atoms with Gasteiger partial charge in [-0.25, -0.2) is 0 Å². The molecule has 0 saturated heterocycles. The van der Waals surface area contributed by atoms with Gasteiger partial charge in [0.05, 0.1) is 6.10 Å². The van der Waals surface area contributed by atoms with Crippen LogP contribution in [0.1, 0.15) is 50.0 Å². The Morgan fingerprint density at radius 3 is 2.06 bits per heavy atom. The molecule has 0 aliphatic heterocycles. The first-order chi connectivity index (χ1) is 7.80. The fourth-order valence-corrected chi connectivity index (χ4v) is 3.52. The normalized spacial score (nSPS) is 38.3. The summed E-state index contributed by atoms with van der Waals surface area (Å²) < 4.78 is 0. The first-order valence-electron chi connectivity index (χ1n) is 6.53. The van der Waals surface area contributed by atoms with E-state index in [-0.39, 0.29) is 6.10 Å². The second-order valence-electron chi connectivity index (χ2n) is 5.60. The number of hydrogen-bond donors (Lipinski definition) is 1. The molecule has 0 bridgehead atoms. The smallest absolute Gasteiger partial charge is 0.0596 e. The largest absolute Gasteiger partial charge is 0.393 e. The van der Waals surface area contributed by atoms with Crippen LogP contribution < -0.4 is 0 Å². The van der Waals surface area contributed by atoms with Crippen LogP contribution in [0.15, 0.2) is 30.3 Å². The zero-order valence-corrected chi connectivity index (χ0v) is 9.73. The molecule has 2 saturated carbocycles. The van der Waals surface area contributed by atoms with E-state index in [0.29, 0.717) is 5.41 Å². The molecule has 1 atom stereocenters.